The number of rotatable bonds is 5. The highest BCUT2D eigenvalue weighted by Crippen LogP contribution is 2.27. The molecule has 196 valence electrons. The standard InChI is InChI=1S/C21H19ClN4O3S.C2HF3O2/c1-2-29-17-6-4-3-5-14(17)19(27)25-21-23-11-13-12-26(9-7-16(13)24-21)20(28)18-15(22)8-10-30-18;3-2(4,5)1(6)7/h3-6,8,10-11H,2,7,9,12H2,1H3,(H,23,24,25,27);(H,6,7). The Balaban J connectivity index is 0.000000479. The summed E-state index contributed by atoms with van der Waals surface area (Å²) in [4.78, 5) is 45.3. The summed E-state index contributed by atoms with van der Waals surface area (Å²) in [6, 6.07) is 8.75. The van der Waals surface area contributed by atoms with Crippen molar-refractivity contribution < 1.29 is 37.4 Å². The molecule has 9 nitrogen and oxygen atoms in total. The molecule has 2 amide bonds. The number of halogens is 4. The summed E-state index contributed by atoms with van der Waals surface area (Å²) >= 11 is 7.43. The number of carbonyl (C=O) groups is 3. The average Bonchev–Trinajstić information content (AvgIpc) is 3.29. The normalized spacial score (nSPS) is 12.6. The highest BCUT2D eigenvalue weighted by Gasteiger charge is 2.38. The van der Waals surface area contributed by atoms with Gasteiger partial charge in [-0.2, -0.15) is 13.2 Å². The third-order valence-electron chi connectivity index (χ3n) is 4.93. The molecule has 3 aromatic rings. The van der Waals surface area contributed by atoms with E-state index >= 15 is 0 Å². The molecule has 0 bridgehead atoms. The van der Waals surface area contributed by atoms with Crippen LogP contribution in [-0.4, -0.2) is 57.1 Å². The molecule has 0 aliphatic carbocycles. The molecule has 0 atom stereocenters. The van der Waals surface area contributed by atoms with E-state index in [1.54, 1.807) is 40.7 Å². The third-order valence-corrected chi connectivity index (χ3v) is 6.26. The molecular weight excluding hydrogens is 537 g/mol. The fourth-order valence-corrected chi connectivity index (χ4v) is 4.35. The molecule has 3 heterocycles. The molecule has 37 heavy (non-hydrogen) atoms. The summed E-state index contributed by atoms with van der Waals surface area (Å²) in [5.41, 5.74) is 2.10. The molecule has 2 aromatic heterocycles. The first kappa shape index (κ1) is 27.9. The van der Waals surface area contributed by atoms with Crippen LogP contribution >= 0.6 is 22.9 Å². The van der Waals surface area contributed by atoms with Gasteiger partial charge in [-0.05, 0) is 30.5 Å². The summed E-state index contributed by atoms with van der Waals surface area (Å²) in [7, 11) is 0. The predicted octanol–water partition coefficient (Wildman–Crippen LogP) is 4.67. The maximum absolute atomic E-state index is 12.7. The Morgan fingerprint density at radius 1 is 1.24 bits per heavy atom. The fraction of sp³-hybridized carbons (Fsp3) is 0.261. The number of ether oxygens (including phenoxy) is 1. The van der Waals surface area contributed by atoms with Crippen molar-refractivity contribution in [3.8, 4) is 5.75 Å². The molecule has 2 N–H and O–H groups in total. The van der Waals surface area contributed by atoms with Gasteiger partial charge >= 0.3 is 12.1 Å². The van der Waals surface area contributed by atoms with Crippen molar-refractivity contribution in [2.24, 2.45) is 0 Å². The van der Waals surface area contributed by atoms with Crippen molar-refractivity contribution >= 4 is 46.7 Å². The van der Waals surface area contributed by atoms with E-state index < -0.39 is 12.1 Å². The summed E-state index contributed by atoms with van der Waals surface area (Å²) in [6.07, 6.45) is -2.85. The van der Waals surface area contributed by atoms with E-state index in [0.29, 0.717) is 47.3 Å². The SMILES string of the molecule is CCOc1ccccc1C(=O)Nc1ncc2c(n1)CCN(C(=O)c1sccc1Cl)C2.O=C(O)C(F)(F)F. The first-order chi connectivity index (χ1) is 17.5. The van der Waals surface area contributed by atoms with Crippen LogP contribution in [0.4, 0.5) is 19.1 Å². The number of benzene rings is 1. The minimum absolute atomic E-state index is 0.0921. The van der Waals surface area contributed by atoms with Crippen molar-refractivity contribution in [3.63, 3.8) is 0 Å². The molecule has 1 aromatic carbocycles. The number of anilines is 1. The van der Waals surface area contributed by atoms with Crippen LogP contribution in [0.25, 0.3) is 0 Å². The topological polar surface area (TPSA) is 122 Å². The van der Waals surface area contributed by atoms with Crippen molar-refractivity contribution in [3.05, 3.63) is 68.6 Å². The number of alkyl halides is 3. The Hall–Kier alpha value is -3.71. The van der Waals surface area contributed by atoms with Crippen LogP contribution < -0.4 is 10.1 Å². The summed E-state index contributed by atoms with van der Waals surface area (Å²) in [6.45, 7) is 3.26. The molecule has 0 saturated carbocycles. The molecule has 14 heteroatoms. The molecule has 1 aliphatic rings. The van der Waals surface area contributed by atoms with Gasteiger partial charge in [-0.25, -0.2) is 14.8 Å². The van der Waals surface area contributed by atoms with Crippen LogP contribution in [-0.2, 0) is 17.8 Å². The molecule has 0 saturated heterocycles. The monoisotopic (exact) mass is 556 g/mol. The van der Waals surface area contributed by atoms with Crippen LogP contribution in [0, 0.1) is 0 Å². The number of hydrogen-bond donors (Lipinski definition) is 2. The van der Waals surface area contributed by atoms with Crippen LogP contribution in [0.5, 0.6) is 5.75 Å². The second-order valence-electron chi connectivity index (χ2n) is 7.43. The van der Waals surface area contributed by atoms with Crippen LogP contribution in [0.2, 0.25) is 5.02 Å². The number of hydrogen-bond acceptors (Lipinski definition) is 7. The zero-order chi connectivity index (χ0) is 27.2. The molecule has 1 aliphatic heterocycles. The zero-order valence-electron chi connectivity index (χ0n) is 19.2. The van der Waals surface area contributed by atoms with Gasteiger partial charge in [-0.1, -0.05) is 23.7 Å². The Kier molecular flexibility index (Phi) is 9.05. The number of carboxylic acids is 1. The average molecular weight is 557 g/mol. The van der Waals surface area contributed by atoms with Gasteiger partial charge in [0.1, 0.15) is 10.6 Å². The summed E-state index contributed by atoms with van der Waals surface area (Å²) in [5, 5.41) is 12.1. The fourth-order valence-electron chi connectivity index (χ4n) is 3.24. The number of carbonyl (C=O) groups excluding carboxylic acids is 2. The van der Waals surface area contributed by atoms with Gasteiger partial charge in [0.15, 0.2) is 0 Å². The van der Waals surface area contributed by atoms with Gasteiger partial charge in [0, 0.05) is 31.3 Å². The lowest BCUT2D eigenvalue weighted by molar-refractivity contribution is -0.192. The third kappa shape index (κ3) is 7.17. The number of aromatic nitrogens is 2. The lowest BCUT2D eigenvalue weighted by Gasteiger charge is -2.28. The Bertz CT molecular complexity index is 1300. The predicted molar refractivity (Wildman–Crippen MR) is 129 cm³/mol. The lowest BCUT2D eigenvalue weighted by Crippen LogP contribution is -2.36. The quantitative estimate of drug-likeness (QED) is 0.468. The van der Waals surface area contributed by atoms with Crippen LogP contribution in [0.1, 0.15) is 38.2 Å². The van der Waals surface area contributed by atoms with Gasteiger partial charge < -0.3 is 14.7 Å². The van der Waals surface area contributed by atoms with Crippen molar-refractivity contribution in [1.82, 2.24) is 14.9 Å². The van der Waals surface area contributed by atoms with Gasteiger partial charge in [0.2, 0.25) is 5.95 Å². The number of thiophene rings is 1. The maximum atomic E-state index is 12.7. The Morgan fingerprint density at radius 2 is 1.95 bits per heavy atom. The van der Waals surface area contributed by atoms with Gasteiger partial charge in [0.05, 0.1) is 22.9 Å². The first-order valence-corrected chi connectivity index (χ1v) is 12.0. The highest BCUT2D eigenvalue weighted by molar-refractivity contribution is 7.12. The number of nitrogens with zero attached hydrogens (tertiary/aromatic N) is 3. The smallest absolute Gasteiger partial charge is 0.490 e. The van der Waals surface area contributed by atoms with Gasteiger partial charge in [-0.15, -0.1) is 11.3 Å². The maximum Gasteiger partial charge on any atom is 0.490 e. The zero-order valence-corrected chi connectivity index (χ0v) is 20.8. The molecule has 0 unspecified atom stereocenters. The first-order valence-electron chi connectivity index (χ1n) is 10.7. The number of aliphatic carboxylic acids is 1. The molecular formula is C23H20ClF3N4O5S. The molecule has 4 rings (SSSR count). The number of nitrogens with one attached hydrogen (secondary N) is 1. The second-order valence-corrected chi connectivity index (χ2v) is 8.75. The number of amides is 2. The Labute approximate surface area is 217 Å². The van der Waals surface area contributed by atoms with E-state index in [0.717, 1.165) is 11.3 Å². The molecule has 0 fully saturated rings. The van der Waals surface area contributed by atoms with E-state index in [2.05, 4.69) is 15.3 Å². The lowest BCUT2D eigenvalue weighted by atomic mass is 10.1. The molecule has 0 radical (unpaired) electrons. The van der Waals surface area contributed by atoms with E-state index in [-0.39, 0.29) is 17.8 Å². The summed E-state index contributed by atoms with van der Waals surface area (Å²) in [5.74, 6) is -2.44. The molecule has 0 spiro atoms. The highest BCUT2D eigenvalue weighted by atomic mass is 35.5. The van der Waals surface area contributed by atoms with Gasteiger partial charge in [-0.3, -0.25) is 14.9 Å². The largest absolute Gasteiger partial charge is 0.493 e. The van der Waals surface area contributed by atoms with Crippen molar-refractivity contribution in [2.45, 2.75) is 26.1 Å². The van der Waals surface area contributed by atoms with E-state index in [9.17, 15) is 22.8 Å². The summed E-state index contributed by atoms with van der Waals surface area (Å²) < 4.78 is 37.2. The number of carboxylic acid groups (broad SMARTS) is 1. The number of para-hydroxylation sites is 1. The minimum atomic E-state index is -5.08. The van der Waals surface area contributed by atoms with Gasteiger partial charge in [0.25, 0.3) is 11.8 Å². The van der Waals surface area contributed by atoms with Crippen LogP contribution in [0.3, 0.4) is 0 Å². The number of fused-ring (bicyclic) bond motifs is 1. The van der Waals surface area contributed by atoms with Crippen molar-refractivity contribution in [1.29, 1.82) is 0 Å². The van der Waals surface area contributed by atoms with Crippen molar-refractivity contribution in [2.75, 3.05) is 18.5 Å². The van der Waals surface area contributed by atoms with E-state index in [1.807, 2.05) is 13.0 Å². The van der Waals surface area contributed by atoms with E-state index in [1.165, 1.54) is 11.3 Å². The van der Waals surface area contributed by atoms with Crippen LogP contribution in [0.15, 0.2) is 41.9 Å². The Morgan fingerprint density at radius 3 is 2.57 bits per heavy atom. The minimum Gasteiger partial charge on any atom is -0.493 e. The second kappa shape index (κ2) is 12.0. The van der Waals surface area contributed by atoms with E-state index in [4.69, 9.17) is 26.2 Å².